The molecule has 17 heavy (non-hydrogen) atoms. The summed E-state index contributed by atoms with van der Waals surface area (Å²) >= 11 is 1.43. The maximum absolute atomic E-state index is 10.8. The zero-order chi connectivity index (χ0) is 12.3. The summed E-state index contributed by atoms with van der Waals surface area (Å²) in [5.74, 6) is 0. The summed E-state index contributed by atoms with van der Waals surface area (Å²) in [5, 5.41) is 13.3. The smallest absolute Gasteiger partial charge is 0.293 e. The largest absolute Gasteiger partial charge is 0.377 e. The van der Waals surface area contributed by atoms with E-state index in [1.807, 2.05) is 23.2 Å². The van der Waals surface area contributed by atoms with Crippen molar-refractivity contribution in [3.8, 4) is 0 Å². The fraction of sp³-hybridized carbons (Fsp3) is 0.455. The summed E-state index contributed by atoms with van der Waals surface area (Å²) in [7, 11) is 1.48. The second kappa shape index (κ2) is 5.12. The Morgan fingerprint density at radius 2 is 2.65 bits per heavy atom. The zero-order valence-corrected chi connectivity index (χ0v) is 10.4. The first-order valence-electron chi connectivity index (χ1n) is 5.56. The summed E-state index contributed by atoms with van der Waals surface area (Å²) < 4.78 is 0. The molecule has 0 aliphatic carbocycles. The van der Waals surface area contributed by atoms with E-state index >= 15 is 0 Å². The maximum atomic E-state index is 10.8. The van der Waals surface area contributed by atoms with Gasteiger partial charge in [0.2, 0.25) is 0 Å². The van der Waals surface area contributed by atoms with Gasteiger partial charge in [-0.1, -0.05) is 13.0 Å². The molecule has 6 heteroatoms. The normalized spacial score (nSPS) is 29.2. The van der Waals surface area contributed by atoms with Gasteiger partial charge in [-0.25, -0.2) is 4.98 Å². The molecule has 0 aromatic carbocycles. The molecule has 1 aromatic rings. The van der Waals surface area contributed by atoms with Crippen LogP contribution >= 0.6 is 11.3 Å². The molecule has 0 saturated heterocycles. The van der Waals surface area contributed by atoms with E-state index in [4.69, 9.17) is 0 Å². The average molecular weight is 249 g/mol. The van der Waals surface area contributed by atoms with Crippen molar-refractivity contribution in [2.45, 2.75) is 25.0 Å². The molecule has 1 radical (unpaired) electrons. The highest BCUT2D eigenvalue weighted by Gasteiger charge is 2.42. The second-order valence-electron chi connectivity index (χ2n) is 3.97. The van der Waals surface area contributed by atoms with Crippen molar-refractivity contribution in [2.75, 3.05) is 6.54 Å². The lowest BCUT2D eigenvalue weighted by atomic mass is 9.80. The molecule has 0 saturated carbocycles. The predicted octanol–water partition coefficient (Wildman–Crippen LogP) is 0.790. The molecule has 4 nitrogen and oxygen atoms in total. The zero-order valence-electron chi connectivity index (χ0n) is 9.61. The number of aromatic nitrogens is 1. The summed E-state index contributed by atoms with van der Waals surface area (Å²) in [6.07, 6.45) is 6.83. The molecule has 1 unspecified atom stereocenters. The molecule has 1 aliphatic heterocycles. The van der Waals surface area contributed by atoms with Crippen LogP contribution < -0.4 is 0 Å². The van der Waals surface area contributed by atoms with Crippen molar-refractivity contribution in [3.63, 3.8) is 0 Å². The van der Waals surface area contributed by atoms with Crippen molar-refractivity contribution in [1.82, 2.24) is 9.79 Å². The minimum Gasteiger partial charge on any atom is -0.377 e. The molecular weight excluding hydrogens is 235 g/mol. The molecule has 89 valence electrons. The molecule has 1 aromatic heterocycles. The Morgan fingerprint density at radius 3 is 3.24 bits per heavy atom. The van der Waals surface area contributed by atoms with E-state index in [0.29, 0.717) is 11.6 Å². The van der Waals surface area contributed by atoms with Gasteiger partial charge >= 0.3 is 0 Å². The number of hydrogen-bond acceptors (Lipinski definition) is 5. The van der Waals surface area contributed by atoms with E-state index in [0.717, 1.165) is 12.6 Å². The average Bonchev–Trinajstić information content (AvgIpc) is 2.84. The van der Waals surface area contributed by atoms with Gasteiger partial charge in [0.05, 0.1) is 6.19 Å². The summed E-state index contributed by atoms with van der Waals surface area (Å²) in [6, 6.07) is -0.149. The molecule has 2 rings (SSSR count). The van der Waals surface area contributed by atoms with Gasteiger partial charge in [-0.15, -0.1) is 11.3 Å². The molecule has 1 N–H and O–H groups in total. The van der Waals surface area contributed by atoms with Crippen molar-refractivity contribution in [3.05, 3.63) is 28.7 Å². The van der Waals surface area contributed by atoms with Gasteiger partial charge in [-0.2, -0.15) is 0 Å². The second-order valence-corrected chi connectivity index (χ2v) is 4.87. The lowest BCUT2D eigenvalue weighted by Gasteiger charge is -2.41. The SMILES string of the molecule is CC[C@H]1N([B]C=O)CC=CC1(O)c1nccs1. The first-order valence-corrected chi connectivity index (χ1v) is 6.44. The van der Waals surface area contributed by atoms with Crippen LogP contribution in [-0.2, 0) is 10.4 Å². The Morgan fingerprint density at radius 1 is 1.82 bits per heavy atom. The van der Waals surface area contributed by atoms with Crippen LogP contribution in [0.4, 0.5) is 0 Å². The fourth-order valence-electron chi connectivity index (χ4n) is 2.27. The number of thiazole rings is 1. The van der Waals surface area contributed by atoms with E-state index in [9.17, 15) is 9.90 Å². The van der Waals surface area contributed by atoms with Gasteiger partial charge in [0.25, 0.3) is 7.41 Å². The Balaban J connectivity index is 2.35. The van der Waals surface area contributed by atoms with Crippen LogP contribution in [-0.4, -0.2) is 41.1 Å². The quantitative estimate of drug-likeness (QED) is 0.487. The molecular formula is C11H14BN2O2S. The molecule has 2 atom stereocenters. The van der Waals surface area contributed by atoms with Gasteiger partial charge < -0.3 is 14.7 Å². The van der Waals surface area contributed by atoms with Crippen LogP contribution in [0.2, 0.25) is 0 Å². The van der Waals surface area contributed by atoms with Crippen LogP contribution in [0.25, 0.3) is 0 Å². The van der Waals surface area contributed by atoms with E-state index in [-0.39, 0.29) is 6.04 Å². The lowest BCUT2D eigenvalue weighted by molar-refractivity contribution is 0.00766. The Kier molecular flexibility index (Phi) is 3.76. The number of aliphatic hydroxyl groups is 1. The molecule has 0 spiro atoms. The minimum absolute atomic E-state index is 0.149. The number of carbonyl (C=O) groups excluding carboxylic acids is 1. The minimum atomic E-state index is -1.10. The van der Waals surface area contributed by atoms with E-state index < -0.39 is 5.60 Å². The molecule has 0 bridgehead atoms. The molecule has 2 heterocycles. The highest BCUT2D eigenvalue weighted by Crippen LogP contribution is 2.35. The summed E-state index contributed by atoms with van der Waals surface area (Å²) in [5.41, 5.74) is -1.10. The first kappa shape index (κ1) is 12.5. The van der Waals surface area contributed by atoms with Gasteiger partial charge in [0.1, 0.15) is 10.6 Å². The first-order chi connectivity index (χ1) is 8.22. The third kappa shape index (κ3) is 2.20. The van der Waals surface area contributed by atoms with Gasteiger partial charge in [0.15, 0.2) is 0 Å². The highest BCUT2D eigenvalue weighted by atomic mass is 32.1. The third-order valence-electron chi connectivity index (χ3n) is 3.01. The van der Waals surface area contributed by atoms with Gasteiger partial charge in [-0.3, -0.25) is 0 Å². The summed E-state index contributed by atoms with van der Waals surface area (Å²) in [4.78, 5) is 16.7. The van der Waals surface area contributed by atoms with Gasteiger partial charge in [0, 0.05) is 24.2 Å². The monoisotopic (exact) mass is 249 g/mol. The fourth-order valence-corrected chi connectivity index (χ4v) is 3.03. The topological polar surface area (TPSA) is 53.4 Å². The molecule has 0 fully saturated rings. The van der Waals surface area contributed by atoms with Crippen molar-refractivity contribution >= 4 is 24.9 Å². The predicted molar refractivity (Wildman–Crippen MR) is 68.4 cm³/mol. The number of nitrogens with zero attached hydrogens (tertiary/aromatic N) is 2. The van der Waals surface area contributed by atoms with Crippen LogP contribution in [0.3, 0.4) is 0 Å². The highest BCUT2D eigenvalue weighted by molar-refractivity contribution is 7.09. The van der Waals surface area contributed by atoms with Crippen molar-refractivity contribution in [1.29, 1.82) is 0 Å². The van der Waals surface area contributed by atoms with Crippen LogP contribution in [0.5, 0.6) is 0 Å². The molecule has 0 amide bonds. The Bertz CT molecular complexity index is 410. The number of rotatable bonds is 4. The van der Waals surface area contributed by atoms with Crippen LogP contribution in [0, 0.1) is 0 Å². The van der Waals surface area contributed by atoms with Crippen LogP contribution in [0.1, 0.15) is 18.4 Å². The lowest BCUT2D eigenvalue weighted by Crippen LogP contribution is -2.53. The van der Waals surface area contributed by atoms with Crippen molar-refractivity contribution in [2.24, 2.45) is 0 Å². The number of hydrogen-bond donors (Lipinski definition) is 1. The Hall–Kier alpha value is -0.975. The third-order valence-corrected chi connectivity index (χ3v) is 3.92. The van der Waals surface area contributed by atoms with Gasteiger partial charge in [-0.05, 0) is 12.5 Å². The number of carbonyl (C=O) groups is 1. The summed E-state index contributed by atoms with van der Waals surface area (Å²) in [6.45, 7) is 2.64. The standard InChI is InChI=1S/C11H14BN2O2S/c1-2-9-11(16,10-13-5-7-17-10)4-3-6-14(9)12-8-15/h3-5,7-9,16H,2,6H2,1H3/t9-,11?/m1/s1. The van der Waals surface area contributed by atoms with E-state index in [1.54, 1.807) is 12.3 Å². The van der Waals surface area contributed by atoms with Crippen molar-refractivity contribution < 1.29 is 9.90 Å². The van der Waals surface area contributed by atoms with E-state index in [1.165, 1.54) is 18.8 Å². The Labute approximate surface area is 105 Å². The van der Waals surface area contributed by atoms with E-state index in [2.05, 4.69) is 4.98 Å². The van der Waals surface area contributed by atoms with Crippen LogP contribution in [0.15, 0.2) is 23.7 Å². The maximum Gasteiger partial charge on any atom is 0.293 e. The molecule has 1 aliphatic rings.